The van der Waals surface area contributed by atoms with Crippen molar-refractivity contribution in [2.24, 2.45) is 0 Å². The predicted molar refractivity (Wildman–Crippen MR) is 80.2 cm³/mol. The van der Waals surface area contributed by atoms with Crippen molar-refractivity contribution in [1.82, 2.24) is 15.2 Å². The maximum atomic E-state index is 11.8. The molecule has 1 aliphatic heterocycles. The number of fused-ring (bicyclic) bond motifs is 1. The zero-order valence-corrected chi connectivity index (χ0v) is 12.5. The van der Waals surface area contributed by atoms with E-state index in [-0.39, 0.29) is 5.69 Å². The van der Waals surface area contributed by atoms with Crippen molar-refractivity contribution in [3.05, 3.63) is 45.4 Å². The van der Waals surface area contributed by atoms with E-state index in [1.807, 2.05) is 4.90 Å². The monoisotopic (exact) mass is 317 g/mol. The van der Waals surface area contributed by atoms with Gasteiger partial charge in [-0.1, -0.05) is 0 Å². The number of nitrogens with zero attached hydrogens (tertiary/aromatic N) is 4. The molecule has 9 heteroatoms. The number of ether oxygens (including phenoxy) is 1. The van der Waals surface area contributed by atoms with Gasteiger partial charge in [0.2, 0.25) is 0 Å². The molecule has 2 aromatic rings. The Morgan fingerprint density at radius 3 is 3.00 bits per heavy atom. The van der Waals surface area contributed by atoms with E-state index in [0.717, 1.165) is 11.3 Å². The van der Waals surface area contributed by atoms with Gasteiger partial charge >= 0.3 is 5.97 Å². The summed E-state index contributed by atoms with van der Waals surface area (Å²) in [5.41, 5.74) is 1.98. The molecule has 0 bridgehead atoms. The summed E-state index contributed by atoms with van der Waals surface area (Å²) in [6.07, 6.45) is 1.86. The fourth-order valence-electron chi connectivity index (χ4n) is 2.55. The van der Waals surface area contributed by atoms with Crippen molar-refractivity contribution in [2.75, 3.05) is 18.1 Å². The van der Waals surface area contributed by atoms with Crippen LogP contribution in [0.25, 0.3) is 0 Å². The number of pyridine rings is 1. The van der Waals surface area contributed by atoms with Crippen molar-refractivity contribution in [1.29, 1.82) is 0 Å². The van der Waals surface area contributed by atoms with Crippen LogP contribution in [0.4, 0.5) is 11.5 Å². The lowest BCUT2D eigenvalue weighted by molar-refractivity contribution is -0.385. The molecule has 1 N–H and O–H groups in total. The Morgan fingerprint density at radius 2 is 2.35 bits per heavy atom. The molecule has 0 unspecified atom stereocenters. The van der Waals surface area contributed by atoms with E-state index in [4.69, 9.17) is 4.74 Å². The first-order valence-corrected chi connectivity index (χ1v) is 7.18. The summed E-state index contributed by atoms with van der Waals surface area (Å²) in [6.45, 7) is 3.19. The van der Waals surface area contributed by atoms with Crippen molar-refractivity contribution in [3.63, 3.8) is 0 Å². The maximum absolute atomic E-state index is 11.8. The van der Waals surface area contributed by atoms with Crippen LogP contribution < -0.4 is 4.90 Å². The van der Waals surface area contributed by atoms with E-state index < -0.39 is 10.9 Å². The van der Waals surface area contributed by atoms with Gasteiger partial charge in [0.25, 0.3) is 5.69 Å². The standard InChI is InChI=1S/C14H15N5O4/c1-2-23-14(20)13-10-5-6-18(8-11(10)16-17-13)12-4-3-9(7-15-12)19(21)22/h3-4,7H,2,5-6,8H2,1H3,(H,16,17). The topological polar surface area (TPSA) is 114 Å². The van der Waals surface area contributed by atoms with E-state index in [9.17, 15) is 14.9 Å². The molecule has 0 aliphatic carbocycles. The summed E-state index contributed by atoms with van der Waals surface area (Å²) in [5, 5.41) is 17.6. The molecular formula is C14H15N5O4. The van der Waals surface area contributed by atoms with Crippen LogP contribution in [0.5, 0.6) is 0 Å². The second kappa shape index (κ2) is 6.03. The summed E-state index contributed by atoms with van der Waals surface area (Å²) in [4.78, 5) is 28.1. The third-order valence-electron chi connectivity index (χ3n) is 3.67. The van der Waals surface area contributed by atoms with Crippen LogP contribution in [-0.4, -0.2) is 39.2 Å². The fourth-order valence-corrected chi connectivity index (χ4v) is 2.55. The second-order valence-corrected chi connectivity index (χ2v) is 5.05. The van der Waals surface area contributed by atoms with Gasteiger partial charge < -0.3 is 9.64 Å². The van der Waals surface area contributed by atoms with Crippen LogP contribution in [0.3, 0.4) is 0 Å². The number of nitrogens with one attached hydrogen (secondary N) is 1. The number of hydrogen-bond acceptors (Lipinski definition) is 7. The van der Waals surface area contributed by atoms with Gasteiger partial charge in [0, 0.05) is 18.2 Å². The molecule has 1 aliphatic rings. The van der Waals surface area contributed by atoms with E-state index in [1.54, 1.807) is 13.0 Å². The number of aromatic amines is 1. The third kappa shape index (κ3) is 2.85. The lowest BCUT2D eigenvalue weighted by Gasteiger charge is -2.27. The minimum absolute atomic E-state index is 0.0455. The third-order valence-corrected chi connectivity index (χ3v) is 3.67. The Bertz CT molecular complexity index is 740. The van der Waals surface area contributed by atoms with Crippen LogP contribution in [0.1, 0.15) is 28.7 Å². The highest BCUT2D eigenvalue weighted by atomic mass is 16.6. The quantitative estimate of drug-likeness (QED) is 0.515. The largest absolute Gasteiger partial charge is 0.461 e. The number of aromatic nitrogens is 3. The van der Waals surface area contributed by atoms with E-state index in [1.165, 1.54) is 12.3 Å². The number of carbonyl (C=O) groups is 1. The molecule has 0 spiro atoms. The van der Waals surface area contributed by atoms with Gasteiger partial charge in [-0.15, -0.1) is 0 Å². The van der Waals surface area contributed by atoms with Gasteiger partial charge in [0.15, 0.2) is 0 Å². The summed E-state index contributed by atoms with van der Waals surface area (Å²) < 4.78 is 5.00. The molecule has 0 radical (unpaired) electrons. The summed E-state index contributed by atoms with van der Waals surface area (Å²) in [7, 11) is 0. The molecule has 0 fully saturated rings. The van der Waals surface area contributed by atoms with Gasteiger partial charge in [-0.05, 0) is 19.4 Å². The van der Waals surface area contributed by atoms with E-state index >= 15 is 0 Å². The summed E-state index contributed by atoms with van der Waals surface area (Å²) in [5.74, 6) is 0.241. The zero-order chi connectivity index (χ0) is 16.4. The molecule has 0 saturated heterocycles. The SMILES string of the molecule is CCOC(=O)c1[nH]nc2c1CCN(c1ccc([N+](=O)[O-])cn1)C2. The lowest BCUT2D eigenvalue weighted by Crippen LogP contribution is -2.31. The minimum Gasteiger partial charge on any atom is -0.461 e. The molecule has 0 atom stereocenters. The zero-order valence-electron chi connectivity index (χ0n) is 12.5. The summed E-state index contributed by atoms with van der Waals surface area (Å²) >= 11 is 0. The predicted octanol–water partition coefficient (Wildman–Crippen LogP) is 1.45. The number of carbonyl (C=O) groups excluding carboxylic acids is 1. The van der Waals surface area contributed by atoms with Gasteiger partial charge in [0.05, 0.1) is 23.8 Å². The maximum Gasteiger partial charge on any atom is 0.356 e. The first kappa shape index (κ1) is 14.9. The Balaban J connectivity index is 1.78. The van der Waals surface area contributed by atoms with Gasteiger partial charge in [-0.3, -0.25) is 15.2 Å². The fraction of sp³-hybridized carbons (Fsp3) is 0.357. The number of esters is 1. The van der Waals surface area contributed by atoms with Crippen LogP contribution in [-0.2, 0) is 17.7 Å². The molecule has 3 rings (SSSR count). The first-order chi connectivity index (χ1) is 11.1. The minimum atomic E-state index is -0.482. The summed E-state index contributed by atoms with van der Waals surface area (Å²) in [6, 6.07) is 3.04. The van der Waals surface area contributed by atoms with E-state index in [2.05, 4.69) is 15.2 Å². The molecule has 9 nitrogen and oxygen atoms in total. The molecule has 120 valence electrons. The van der Waals surface area contributed by atoms with Gasteiger partial charge in [0.1, 0.15) is 17.7 Å². The van der Waals surface area contributed by atoms with E-state index in [0.29, 0.717) is 37.6 Å². The molecule has 0 aromatic carbocycles. The molecule has 0 saturated carbocycles. The number of H-pyrrole nitrogens is 1. The smallest absolute Gasteiger partial charge is 0.356 e. The normalized spacial score (nSPS) is 13.5. The van der Waals surface area contributed by atoms with Crippen molar-refractivity contribution >= 4 is 17.5 Å². The number of nitro groups is 1. The van der Waals surface area contributed by atoms with Crippen LogP contribution in [0.15, 0.2) is 18.3 Å². The highest BCUT2D eigenvalue weighted by Gasteiger charge is 2.26. The molecule has 0 amide bonds. The molecule has 2 aromatic heterocycles. The molecule has 3 heterocycles. The van der Waals surface area contributed by atoms with Crippen LogP contribution >= 0.6 is 0 Å². The molecule has 23 heavy (non-hydrogen) atoms. The lowest BCUT2D eigenvalue weighted by atomic mass is 10.0. The van der Waals surface area contributed by atoms with Crippen LogP contribution in [0.2, 0.25) is 0 Å². The number of hydrogen-bond donors (Lipinski definition) is 1. The number of rotatable bonds is 4. The Morgan fingerprint density at radius 1 is 1.52 bits per heavy atom. The van der Waals surface area contributed by atoms with Crippen molar-refractivity contribution in [2.45, 2.75) is 19.9 Å². The number of anilines is 1. The Labute approximate surface area is 131 Å². The average molecular weight is 317 g/mol. The van der Waals surface area contributed by atoms with Crippen molar-refractivity contribution < 1.29 is 14.5 Å². The second-order valence-electron chi connectivity index (χ2n) is 5.05. The Hall–Kier alpha value is -2.97. The van der Waals surface area contributed by atoms with Gasteiger partial charge in [-0.2, -0.15) is 5.10 Å². The van der Waals surface area contributed by atoms with Gasteiger partial charge in [-0.25, -0.2) is 9.78 Å². The first-order valence-electron chi connectivity index (χ1n) is 7.18. The molecular weight excluding hydrogens is 302 g/mol. The highest BCUT2D eigenvalue weighted by molar-refractivity contribution is 5.89. The Kier molecular flexibility index (Phi) is 3.92. The highest BCUT2D eigenvalue weighted by Crippen LogP contribution is 2.25. The average Bonchev–Trinajstić information content (AvgIpc) is 2.98. The van der Waals surface area contributed by atoms with Crippen molar-refractivity contribution in [3.8, 4) is 0 Å². The van der Waals surface area contributed by atoms with Crippen LogP contribution in [0, 0.1) is 10.1 Å².